The Bertz CT molecular complexity index is 802. The largest absolute Gasteiger partial charge is 0.511 e. The fourth-order valence-corrected chi connectivity index (χ4v) is 5.74. The molecule has 0 radical (unpaired) electrons. The number of nitrogens with zero attached hydrogens (tertiary/aromatic N) is 3. The van der Waals surface area contributed by atoms with Crippen molar-refractivity contribution < 1.29 is 30.0 Å². The Morgan fingerprint density at radius 3 is 2.25 bits per heavy atom. The molecule has 2 rings (SSSR count). The predicted octanol–water partition coefficient (Wildman–Crippen LogP) is 0.632. The molecule has 0 saturated carbocycles. The summed E-state index contributed by atoms with van der Waals surface area (Å²) in [6.45, 7) is 4.00. The maximum absolute atomic E-state index is 12.6. The Morgan fingerprint density at radius 1 is 1.21 bits per heavy atom. The van der Waals surface area contributed by atoms with Crippen molar-refractivity contribution in [2.24, 2.45) is 10.9 Å². The lowest BCUT2D eigenvalue weighted by atomic mass is 9.98. The number of alkyl halides is 3. The summed E-state index contributed by atoms with van der Waals surface area (Å²) in [5.74, 6) is 0.556. The van der Waals surface area contributed by atoms with Gasteiger partial charge in [0.25, 0.3) is 0 Å². The van der Waals surface area contributed by atoms with Crippen LogP contribution in [0.2, 0.25) is 0 Å². The summed E-state index contributed by atoms with van der Waals surface area (Å²) in [5, 5.41) is 3.15. The second-order valence-corrected chi connectivity index (χ2v) is 12.4. The van der Waals surface area contributed by atoms with Crippen molar-refractivity contribution in [2.45, 2.75) is 36.9 Å². The summed E-state index contributed by atoms with van der Waals surface area (Å²) in [7, 11) is -6.88. The van der Waals surface area contributed by atoms with Crippen LogP contribution in [0.5, 0.6) is 0 Å². The molecule has 2 aliphatic heterocycles. The molecule has 2 aliphatic rings. The Hall–Kier alpha value is -1.08. The second kappa shape index (κ2) is 7.98. The van der Waals surface area contributed by atoms with Crippen LogP contribution in [0.15, 0.2) is 4.99 Å². The first-order chi connectivity index (χ1) is 12.7. The minimum Gasteiger partial charge on any atom is -0.356 e. The van der Waals surface area contributed by atoms with Gasteiger partial charge in [-0.25, -0.2) is 16.8 Å². The van der Waals surface area contributed by atoms with Crippen molar-refractivity contribution in [1.29, 1.82) is 0 Å². The van der Waals surface area contributed by atoms with Crippen molar-refractivity contribution in [2.75, 3.05) is 45.5 Å². The Morgan fingerprint density at radius 2 is 1.79 bits per heavy atom. The maximum Gasteiger partial charge on any atom is 0.511 e. The van der Waals surface area contributed by atoms with E-state index in [0.717, 1.165) is 0 Å². The molecule has 8 nitrogen and oxygen atoms in total. The molecule has 2 heterocycles. The Kier molecular flexibility index (Phi) is 6.61. The van der Waals surface area contributed by atoms with Gasteiger partial charge in [0, 0.05) is 39.8 Å². The molecular weight excluding hydrogens is 421 g/mol. The van der Waals surface area contributed by atoms with Gasteiger partial charge in [-0.05, 0) is 32.6 Å². The lowest BCUT2D eigenvalue weighted by Gasteiger charge is -2.39. The number of hydrogen-bond donors (Lipinski definition) is 1. The van der Waals surface area contributed by atoms with E-state index in [4.69, 9.17) is 0 Å². The molecule has 0 amide bonds. The first kappa shape index (κ1) is 23.2. The monoisotopic (exact) mass is 448 g/mol. The van der Waals surface area contributed by atoms with E-state index in [1.54, 1.807) is 20.9 Å². The molecule has 0 aromatic carbocycles. The molecule has 0 aromatic heterocycles. The van der Waals surface area contributed by atoms with Crippen molar-refractivity contribution in [1.82, 2.24) is 14.5 Å². The van der Waals surface area contributed by atoms with Crippen LogP contribution >= 0.6 is 0 Å². The van der Waals surface area contributed by atoms with Crippen LogP contribution in [0.4, 0.5) is 13.2 Å². The zero-order valence-corrected chi connectivity index (χ0v) is 17.8. The highest BCUT2D eigenvalue weighted by Crippen LogP contribution is 2.30. The van der Waals surface area contributed by atoms with Crippen LogP contribution in [-0.4, -0.2) is 87.8 Å². The summed E-state index contributed by atoms with van der Waals surface area (Å²) in [4.78, 5) is 6.03. The summed E-state index contributed by atoms with van der Waals surface area (Å²) >= 11 is 0. The van der Waals surface area contributed by atoms with E-state index < -0.39 is 30.1 Å². The van der Waals surface area contributed by atoms with E-state index in [2.05, 4.69) is 10.3 Å². The molecule has 164 valence electrons. The third-order valence-corrected chi connectivity index (χ3v) is 9.47. The SMILES string of the molecule is CN=C(NCC1CCN(S(=O)(=O)C(F)(F)F)CC1)N1CCS(=O)(=O)C(C)(C)C1. The number of nitrogens with one attached hydrogen (secondary N) is 1. The molecule has 0 aromatic rings. The molecule has 0 spiro atoms. The average Bonchev–Trinajstić information content (AvgIpc) is 2.58. The molecule has 1 N–H and O–H groups in total. The summed E-state index contributed by atoms with van der Waals surface area (Å²) in [5.41, 5.74) is -5.28. The Balaban J connectivity index is 1.89. The normalized spacial score (nSPS) is 24.9. The number of aliphatic imine (C=N–C) groups is 1. The average molecular weight is 449 g/mol. The molecule has 2 fully saturated rings. The molecule has 0 bridgehead atoms. The third-order valence-electron chi connectivity index (χ3n) is 5.31. The topological polar surface area (TPSA) is 99.2 Å². The van der Waals surface area contributed by atoms with E-state index in [9.17, 15) is 30.0 Å². The van der Waals surface area contributed by atoms with Gasteiger partial charge in [-0.3, -0.25) is 4.99 Å². The first-order valence-corrected chi connectivity index (χ1v) is 12.0. The number of piperidine rings is 1. The summed E-state index contributed by atoms with van der Waals surface area (Å²) in [6.07, 6.45) is 0.609. The fourth-order valence-electron chi connectivity index (χ4n) is 3.39. The van der Waals surface area contributed by atoms with Gasteiger partial charge in [0.2, 0.25) is 0 Å². The summed E-state index contributed by atoms with van der Waals surface area (Å²) < 4.78 is 84.6. The Labute approximate surface area is 164 Å². The van der Waals surface area contributed by atoms with Gasteiger partial charge in [0.15, 0.2) is 15.8 Å². The number of guanidine groups is 1. The van der Waals surface area contributed by atoms with Gasteiger partial charge in [-0.2, -0.15) is 17.5 Å². The van der Waals surface area contributed by atoms with Crippen LogP contribution in [0.3, 0.4) is 0 Å². The maximum atomic E-state index is 12.6. The van der Waals surface area contributed by atoms with E-state index in [1.807, 2.05) is 4.90 Å². The highest BCUT2D eigenvalue weighted by molar-refractivity contribution is 7.92. The van der Waals surface area contributed by atoms with Crippen molar-refractivity contribution in [3.63, 3.8) is 0 Å². The predicted molar refractivity (Wildman–Crippen MR) is 100 cm³/mol. The highest BCUT2D eigenvalue weighted by Gasteiger charge is 2.50. The number of hydrogen-bond acceptors (Lipinski definition) is 5. The van der Waals surface area contributed by atoms with Crippen LogP contribution in [0.1, 0.15) is 26.7 Å². The fraction of sp³-hybridized carbons (Fsp3) is 0.933. The van der Waals surface area contributed by atoms with Gasteiger partial charge in [-0.15, -0.1) is 0 Å². The van der Waals surface area contributed by atoms with Gasteiger partial charge >= 0.3 is 15.5 Å². The number of rotatable bonds is 3. The van der Waals surface area contributed by atoms with Crippen LogP contribution in [0.25, 0.3) is 0 Å². The highest BCUT2D eigenvalue weighted by atomic mass is 32.2. The zero-order chi connectivity index (χ0) is 21.4. The molecule has 28 heavy (non-hydrogen) atoms. The molecule has 0 atom stereocenters. The number of halogens is 3. The quantitative estimate of drug-likeness (QED) is 0.502. The second-order valence-electron chi connectivity index (χ2n) is 7.72. The van der Waals surface area contributed by atoms with Crippen LogP contribution in [0, 0.1) is 5.92 Å². The minimum absolute atomic E-state index is 0.00188. The van der Waals surface area contributed by atoms with Crippen LogP contribution < -0.4 is 5.32 Å². The lowest BCUT2D eigenvalue weighted by molar-refractivity contribution is -0.0496. The molecule has 0 aliphatic carbocycles. The van der Waals surface area contributed by atoms with Crippen molar-refractivity contribution in [3.05, 3.63) is 0 Å². The van der Waals surface area contributed by atoms with E-state index >= 15 is 0 Å². The minimum atomic E-state index is -5.28. The van der Waals surface area contributed by atoms with E-state index in [-0.39, 0.29) is 31.3 Å². The number of sulfonamides is 1. The van der Waals surface area contributed by atoms with E-state index in [1.165, 1.54) is 0 Å². The number of sulfone groups is 1. The zero-order valence-electron chi connectivity index (χ0n) is 16.2. The third kappa shape index (κ3) is 4.73. The smallest absolute Gasteiger partial charge is 0.356 e. The van der Waals surface area contributed by atoms with Crippen LogP contribution in [-0.2, 0) is 19.9 Å². The summed E-state index contributed by atoms with van der Waals surface area (Å²) in [6, 6.07) is 0. The first-order valence-electron chi connectivity index (χ1n) is 8.95. The van der Waals surface area contributed by atoms with Gasteiger partial charge in [0.05, 0.1) is 10.5 Å². The molecule has 13 heteroatoms. The van der Waals surface area contributed by atoms with Crippen molar-refractivity contribution >= 4 is 25.8 Å². The van der Waals surface area contributed by atoms with Crippen molar-refractivity contribution in [3.8, 4) is 0 Å². The van der Waals surface area contributed by atoms with Gasteiger partial charge in [0.1, 0.15) is 0 Å². The van der Waals surface area contributed by atoms with Gasteiger partial charge in [-0.1, -0.05) is 0 Å². The molecular formula is C15H27F3N4O4S2. The van der Waals surface area contributed by atoms with Gasteiger partial charge < -0.3 is 10.2 Å². The van der Waals surface area contributed by atoms with E-state index in [0.29, 0.717) is 36.2 Å². The lowest BCUT2D eigenvalue weighted by Crippen LogP contribution is -2.57. The molecule has 2 saturated heterocycles. The molecule has 0 unspecified atom stereocenters. The standard InChI is InChI=1S/C15H27F3N4O4S2/c1-14(2)11-21(8-9-27(14,23)24)13(19-3)20-10-12-4-6-22(7-5-12)28(25,26)15(16,17)18/h12H,4-11H2,1-3H3,(H,19,20).